The van der Waals surface area contributed by atoms with Gasteiger partial charge in [0.1, 0.15) is 0 Å². The molecule has 1 N–H and O–H groups in total. The largest absolute Gasteiger partial charge is 0.459 e. The molecule has 0 aliphatic heterocycles. The first kappa shape index (κ1) is 17.4. The smallest absolute Gasteiger partial charge is 0.322 e. The Kier molecular flexibility index (Phi) is 4.55. The predicted octanol–water partition coefficient (Wildman–Crippen LogP) is 4.45. The molecule has 0 fully saturated rings. The fourth-order valence-corrected chi connectivity index (χ4v) is 2.68. The van der Waals surface area contributed by atoms with Crippen molar-refractivity contribution < 1.29 is 18.4 Å². The number of carbonyl (C=O) groups excluding carboxylic acids is 2. The Hall–Kier alpha value is -4.00. The van der Waals surface area contributed by atoms with E-state index in [4.69, 9.17) is 8.83 Å². The number of ketones is 1. The fraction of sp³-hybridized carbons (Fsp3) is 0.0476. The van der Waals surface area contributed by atoms with Gasteiger partial charge in [0, 0.05) is 11.1 Å². The highest BCUT2D eigenvalue weighted by molar-refractivity contribution is 6.04. The molecule has 0 bridgehead atoms. The molecular weight excluding hydrogens is 358 g/mol. The second-order valence-corrected chi connectivity index (χ2v) is 6.06. The summed E-state index contributed by atoms with van der Waals surface area (Å²) in [7, 11) is 0. The van der Waals surface area contributed by atoms with Crippen LogP contribution in [-0.2, 0) is 0 Å². The van der Waals surface area contributed by atoms with Crippen molar-refractivity contribution in [2.24, 2.45) is 0 Å². The van der Waals surface area contributed by atoms with Gasteiger partial charge in [-0.05, 0) is 42.3 Å². The first-order valence-corrected chi connectivity index (χ1v) is 8.50. The highest BCUT2D eigenvalue weighted by Gasteiger charge is 2.14. The van der Waals surface area contributed by atoms with Crippen molar-refractivity contribution in [3.8, 4) is 22.8 Å². The van der Waals surface area contributed by atoms with Crippen LogP contribution in [0.2, 0.25) is 0 Å². The third kappa shape index (κ3) is 3.59. The lowest BCUT2D eigenvalue weighted by atomic mass is 10.0. The molecule has 138 valence electrons. The number of anilines is 1. The molecule has 1 amide bonds. The van der Waals surface area contributed by atoms with Crippen molar-refractivity contribution in [1.29, 1.82) is 0 Å². The molecule has 7 nitrogen and oxygen atoms in total. The maximum atomic E-state index is 12.5. The van der Waals surface area contributed by atoms with Gasteiger partial charge in [0.15, 0.2) is 11.5 Å². The molecule has 28 heavy (non-hydrogen) atoms. The fourth-order valence-electron chi connectivity index (χ4n) is 2.68. The molecule has 0 saturated heterocycles. The van der Waals surface area contributed by atoms with Crippen LogP contribution in [0.3, 0.4) is 0 Å². The Morgan fingerprint density at radius 1 is 0.893 bits per heavy atom. The van der Waals surface area contributed by atoms with E-state index in [1.807, 2.05) is 18.2 Å². The summed E-state index contributed by atoms with van der Waals surface area (Å²) in [6.07, 6.45) is 1.49. The van der Waals surface area contributed by atoms with Crippen molar-refractivity contribution >= 4 is 17.7 Å². The monoisotopic (exact) mass is 373 g/mol. The van der Waals surface area contributed by atoms with Gasteiger partial charge in [-0.15, -0.1) is 5.10 Å². The van der Waals surface area contributed by atoms with Crippen LogP contribution < -0.4 is 5.32 Å². The second-order valence-electron chi connectivity index (χ2n) is 6.06. The Bertz CT molecular complexity index is 1130. The van der Waals surface area contributed by atoms with Gasteiger partial charge in [-0.2, -0.15) is 0 Å². The van der Waals surface area contributed by atoms with Crippen LogP contribution in [0.4, 0.5) is 6.01 Å². The van der Waals surface area contributed by atoms with Crippen LogP contribution in [0.5, 0.6) is 0 Å². The second kappa shape index (κ2) is 7.32. The molecule has 0 atom stereocenters. The third-order valence-electron chi connectivity index (χ3n) is 4.13. The lowest BCUT2D eigenvalue weighted by Gasteiger charge is -2.06. The highest BCUT2D eigenvalue weighted by atomic mass is 16.4. The Morgan fingerprint density at radius 2 is 1.71 bits per heavy atom. The summed E-state index contributed by atoms with van der Waals surface area (Å²) in [4.78, 5) is 23.9. The minimum Gasteiger partial charge on any atom is -0.459 e. The summed E-state index contributed by atoms with van der Waals surface area (Å²) in [5.74, 6) is 0.230. The van der Waals surface area contributed by atoms with E-state index >= 15 is 0 Å². The van der Waals surface area contributed by atoms with Gasteiger partial charge in [0.05, 0.1) is 6.26 Å². The zero-order valence-electron chi connectivity index (χ0n) is 14.9. The summed E-state index contributed by atoms with van der Waals surface area (Å²) in [5.41, 5.74) is 2.83. The van der Waals surface area contributed by atoms with Crippen molar-refractivity contribution in [2.45, 2.75) is 6.92 Å². The molecular formula is C21H15N3O4. The Morgan fingerprint density at radius 3 is 2.43 bits per heavy atom. The minimum atomic E-state index is -0.378. The number of aromatic nitrogens is 2. The van der Waals surface area contributed by atoms with Crippen molar-refractivity contribution in [1.82, 2.24) is 10.2 Å². The molecule has 0 radical (unpaired) electrons. The summed E-state index contributed by atoms with van der Waals surface area (Å²) >= 11 is 0. The van der Waals surface area contributed by atoms with Gasteiger partial charge in [0.2, 0.25) is 0 Å². The number of nitrogens with zero attached hydrogens (tertiary/aromatic N) is 2. The number of nitrogens with one attached hydrogen (secondary N) is 1. The third-order valence-corrected chi connectivity index (χ3v) is 4.13. The number of amides is 1. The maximum Gasteiger partial charge on any atom is 0.322 e. The summed E-state index contributed by atoms with van der Waals surface area (Å²) in [5, 5.41) is 10.2. The molecule has 0 aliphatic carbocycles. The highest BCUT2D eigenvalue weighted by Crippen LogP contribution is 2.23. The quantitative estimate of drug-likeness (QED) is 0.519. The Balaban J connectivity index is 1.52. The number of carbonyl (C=O) groups is 2. The normalized spacial score (nSPS) is 10.6. The average Bonchev–Trinajstić information content (AvgIpc) is 3.40. The van der Waals surface area contributed by atoms with E-state index in [0.717, 1.165) is 11.1 Å². The number of furan rings is 1. The lowest BCUT2D eigenvalue weighted by Crippen LogP contribution is -2.12. The summed E-state index contributed by atoms with van der Waals surface area (Å²) < 4.78 is 10.6. The van der Waals surface area contributed by atoms with Crippen molar-refractivity contribution in [3.05, 3.63) is 78.1 Å². The van der Waals surface area contributed by atoms with Crippen LogP contribution in [0, 0.1) is 0 Å². The molecule has 4 rings (SSSR count). The molecule has 4 aromatic rings. The first-order valence-electron chi connectivity index (χ1n) is 8.50. The first-order chi connectivity index (χ1) is 13.6. The maximum absolute atomic E-state index is 12.5. The number of rotatable bonds is 5. The van der Waals surface area contributed by atoms with E-state index in [2.05, 4.69) is 15.5 Å². The van der Waals surface area contributed by atoms with Gasteiger partial charge in [-0.1, -0.05) is 41.5 Å². The van der Waals surface area contributed by atoms with Gasteiger partial charge in [-0.3, -0.25) is 14.9 Å². The molecule has 0 aliphatic rings. The van der Waals surface area contributed by atoms with Crippen molar-refractivity contribution in [2.75, 3.05) is 5.32 Å². The number of benzene rings is 2. The topological polar surface area (TPSA) is 98.2 Å². The molecule has 2 aromatic heterocycles. The number of Topliss-reactive ketones (excluding diaryl/α,β-unsaturated/α-hetero) is 1. The SMILES string of the molecule is CC(=O)c1ccc(-c2cccc(C(=O)Nc3nnc(-c4ccco4)o3)c2)cc1. The van der Waals surface area contributed by atoms with Gasteiger partial charge < -0.3 is 8.83 Å². The average molecular weight is 373 g/mol. The molecule has 0 spiro atoms. The zero-order chi connectivity index (χ0) is 19.5. The van der Waals surface area contributed by atoms with Gasteiger partial charge in [0.25, 0.3) is 11.8 Å². The van der Waals surface area contributed by atoms with E-state index in [9.17, 15) is 9.59 Å². The molecule has 7 heteroatoms. The van der Waals surface area contributed by atoms with Crippen LogP contribution in [0.15, 0.2) is 75.8 Å². The standard InChI is InChI=1S/C21H15N3O4/c1-13(25)14-7-9-15(10-8-14)16-4-2-5-17(12-16)19(26)22-21-24-23-20(28-21)18-6-3-11-27-18/h2-12H,1H3,(H,22,24,26). The van der Waals surface area contributed by atoms with E-state index in [1.165, 1.54) is 13.2 Å². The van der Waals surface area contributed by atoms with Gasteiger partial charge in [-0.25, -0.2) is 0 Å². The van der Waals surface area contributed by atoms with Gasteiger partial charge >= 0.3 is 6.01 Å². The van der Waals surface area contributed by atoms with Crippen LogP contribution in [0.1, 0.15) is 27.6 Å². The lowest BCUT2D eigenvalue weighted by molar-refractivity contribution is 0.101. The molecule has 0 saturated carbocycles. The van der Waals surface area contributed by atoms with Crippen LogP contribution >= 0.6 is 0 Å². The van der Waals surface area contributed by atoms with E-state index in [-0.39, 0.29) is 23.6 Å². The predicted molar refractivity (Wildman–Crippen MR) is 102 cm³/mol. The van der Waals surface area contributed by atoms with Crippen molar-refractivity contribution in [3.63, 3.8) is 0 Å². The van der Waals surface area contributed by atoms with E-state index < -0.39 is 0 Å². The molecule has 2 aromatic carbocycles. The zero-order valence-corrected chi connectivity index (χ0v) is 14.9. The molecule has 2 heterocycles. The summed E-state index contributed by atoms with van der Waals surface area (Å²) in [6, 6.07) is 17.7. The van der Waals surface area contributed by atoms with E-state index in [0.29, 0.717) is 16.9 Å². The minimum absolute atomic E-state index is 0.00755. The van der Waals surface area contributed by atoms with Crippen LogP contribution in [-0.4, -0.2) is 21.9 Å². The number of hydrogen-bond acceptors (Lipinski definition) is 6. The number of hydrogen-bond donors (Lipinski definition) is 1. The van der Waals surface area contributed by atoms with E-state index in [1.54, 1.807) is 42.5 Å². The molecule has 0 unspecified atom stereocenters. The van der Waals surface area contributed by atoms with Crippen LogP contribution in [0.25, 0.3) is 22.8 Å². The Labute approximate surface area is 160 Å². The summed E-state index contributed by atoms with van der Waals surface area (Å²) in [6.45, 7) is 1.52.